The van der Waals surface area contributed by atoms with Crippen LogP contribution in [0.25, 0.3) is 10.1 Å². The predicted octanol–water partition coefficient (Wildman–Crippen LogP) is 4.93. The quantitative estimate of drug-likeness (QED) is 0.704. The van der Waals surface area contributed by atoms with Crippen molar-refractivity contribution in [3.63, 3.8) is 0 Å². The number of thiophene rings is 1. The Morgan fingerprint density at radius 1 is 1.14 bits per heavy atom. The third kappa shape index (κ3) is 3.14. The first-order chi connectivity index (χ1) is 10.3. The third-order valence-corrected chi connectivity index (χ3v) is 4.70. The van der Waals surface area contributed by atoms with Gasteiger partial charge >= 0.3 is 0 Å². The van der Waals surface area contributed by atoms with E-state index < -0.39 is 0 Å². The first kappa shape index (κ1) is 14.2. The van der Waals surface area contributed by atoms with E-state index in [0.29, 0.717) is 0 Å². The summed E-state index contributed by atoms with van der Waals surface area (Å²) < 4.78 is 14.8. The Hall–Kier alpha value is -1.71. The average molecular weight is 299 g/mol. The highest BCUT2D eigenvalue weighted by molar-refractivity contribution is 7.17. The van der Waals surface area contributed by atoms with E-state index in [2.05, 4.69) is 41.9 Å². The lowest BCUT2D eigenvalue weighted by Gasteiger charge is -2.18. The zero-order chi connectivity index (χ0) is 14.7. The van der Waals surface area contributed by atoms with Gasteiger partial charge in [-0.15, -0.1) is 11.3 Å². The van der Waals surface area contributed by atoms with Crippen molar-refractivity contribution in [2.75, 3.05) is 6.54 Å². The largest absolute Gasteiger partial charge is 0.310 e. The van der Waals surface area contributed by atoms with Gasteiger partial charge in [-0.2, -0.15) is 0 Å². The van der Waals surface area contributed by atoms with Crippen LogP contribution in [0, 0.1) is 5.82 Å². The normalized spacial score (nSPS) is 12.7. The van der Waals surface area contributed by atoms with Gasteiger partial charge in [-0.3, -0.25) is 0 Å². The molecule has 0 fully saturated rings. The molecule has 1 N–H and O–H groups in total. The van der Waals surface area contributed by atoms with Gasteiger partial charge in [0.05, 0.1) is 0 Å². The molecule has 0 amide bonds. The van der Waals surface area contributed by atoms with Crippen molar-refractivity contribution in [3.8, 4) is 0 Å². The molecule has 3 heteroatoms. The first-order valence-electron chi connectivity index (χ1n) is 7.22. The molecule has 0 radical (unpaired) electrons. The summed E-state index contributed by atoms with van der Waals surface area (Å²) in [4.78, 5) is 0. The molecule has 1 heterocycles. The van der Waals surface area contributed by atoms with Crippen molar-refractivity contribution in [2.24, 2.45) is 0 Å². The van der Waals surface area contributed by atoms with Crippen LogP contribution in [0.15, 0.2) is 53.9 Å². The minimum absolute atomic E-state index is 0.142. The molecule has 0 bridgehead atoms. The van der Waals surface area contributed by atoms with Gasteiger partial charge in [-0.05, 0) is 53.1 Å². The number of benzene rings is 2. The molecule has 3 aromatic rings. The maximum Gasteiger partial charge on any atom is 0.123 e. The minimum atomic E-state index is -0.175. The Bertz CT molecular complexity index is 735. The Morgan fingerprint density at radius 3 is 2.81 bits per heavy atom. The average Bonchev–Trinajstić information content (AvgIpc) is 2.90. The first-order valence-corrected chi connectivity index (χ1v) is 8.10. The van der Waals surface area contributed by atoms with Crippen LogP contribution in [0.5, 0.6) is 0 Å². The Kier molecular flexibility index (Phi) is 4.32. The maximum atomic E-state index is 13.5. The van der Waals surface area contributed by atoms with Gasteiger partial charge in [0.25, 0.3) is 0 Å². The molecular formula is C18H18FNS. The maximum absolute atomic E-state index is 13.5. The van der Waals surface area contributed by atoms with Crippen LogP contribution in [0.4, 0.5) is 4.39 Å². The second kappa shape index (κ2) is 6.37. The lowest BCUT2D eigenvalue weighted by molar-refractivity contribution is 0.544. The molecule has 108 valence electrons. The molecule has 1 aromatic heterocycles. The number of hydrogen-bond acceptors (Lipinski definition) is 2. The van der Waals surface area contributed by atoms with Crippen molar-refractivity contribution in [3.05, 3.63) is 70.9 Å². The van der Waals surface area contributed by atoms with Crippen LogP contribution in [-0.4, -0.2) is 6.54 Å². The van der Waals surface area contributed by atoms with Gasteiger partial charge in [-0.1, -0.05) is 37.3 Å². The second-order valence-corrected chi connectivity index (χ2v) is 6.04. The monoisotopic (exact) mass is 299 g/mol. The molecule has 1 atom stereocenters. The number of halogens is 1. The summed E-state index contributed by atoms with van der Waals surface area (Å²) in [6, 6.07) is 15.5. The Labute approximate surface area is 128 Å². The van der Waals surface area contributed by atoms with Gasteiger partial charge in [-0.25, -0.2) is 4.39 Å². The topological polar surface area (TPSA) is 12.0 Å². The summed E-state index contributed by atoms with van der Waals surface area (Å²) >= 11 is 1.77. The number of nitrogens with one attached hydrogen (secondary N) is 1. The predicted molar refractivity (Wildman–Crippen MR) is 88.3 cm³/mol. The molecule has 1 unspecified atom stereocenters. The summed E-state index contributed by atoms with van der Waals surface area (Å²) in [5.74, 6) is -0.175. The fourth-order valence-corrected chi connectivity index (χ4v) is 3.66. The molecular weight excluding hydrogens is 281 g/mol. The number of fused-ring (bicyclic) bond motifs is 1. The summed E-state index contributed by atoms with van der Waals surface area (Å²) in [5.41, 5.74) is 2.33. The molecule has 2 aromatic carbocycles. The van der Waals surface area contributed by atoms with Crippen molar-refractivity contribution in [1.82, 2.24) is 5.32 Å². The highest BCUT2D eigenvalue weighted by Gasteiger charge is 2.14. The van der Waals surface area contributed by atoms with Crippen LogP contribution in [0.1, 0.15) is 24.1 Å². The van der Waals surface area contributed by atoms with E-state index in [4.69, 9.17) is 0 Å². The highest BCUT2D eigenvalue weighted by atomic mass is 32.1. The smallest absolute Gasteiger partial charge is 0.123 e. The molecule has 0 aliphatic heterocycles. The van der Waals surface area contributed by atoms with E-state index >= 15 is 0 Å². The highest BCUT2D eigenvalue weighted by Crippen LogP contribution is 2.29. The number of hydrogen-bond donors (Lipinski definition) is 1. The van der Waals surface area contributed by atoms with Crippen LogP contribution in [0.2, 0.25) is 0 Å². The van der Waals surface area contributed by atoms with Crippen LogP contribution in [0.3, 0.4) is 0 Å². The van der Waals surface area contributed by atoms with Gasteiger partial charge in [0.15, 0.2) is 0 Å². The van der Waals surface area contributed by atoms with Crippen LogP contribution in [-0.2, 0) is 6.42 Å². The van der Waals surface area contributed by atoms with Crippen molar-refractivity contribution < 1.29 is 4.39 Å². The summed E-state index contributed by atoms with van der Waals surface area (Å²) in [6.07, 6.45) is 0.876. The molecule has 0 saturated heterocycles. The summed E-state index contributed by atoms with van der Waals surface area (Å²) in [7, 11) is 0. The molecule has 0 aliphatic rings. The van der Waals surface area contributed by atoms with E-state index in [9.17, 15) is 4.39 Å². The molecule has 3 rings (SSSR count). The molecule has 0 saturated carbocycles. The summed E-state index contributed by atoms with van der Waals surface area (Å²) in [6.45, 7) is 2.95. The van der Waals surface area contributed by atoms with Crippen molar-refractivity contribution >= 4 is 21.4 Å². The molecule has 0 aliphatic carbocycles. The van der Waals surface area contributed by atoms with Gasteiger partial charge in [0, 0.05) is 10.7 Å². The fraction of sp³-hybridized carbons (Fsp3) is 0.222. The SMILES string of the molecule is CCNC(Cc1csc2ccccc12)c1cccc(F)c1. The number of rotatable bonds is 5. The lowest BCUT2D eigenvalue weighted by atomic mass is 9.98. The third-order valence-electron chi connectivity index (χ3n) is 3.69. The van der Waals surface area contributed by atoms with E-state index in [-0.39, 0.29) is 11.9 Å². The zero-order valence-corrected chi connectivity index (χ0v) is 12.8. The lowest BCUT2D eigenvalue weighted by Crippen LogP contribution is -2.23. The Balaban J connectivity index is 1.92. The second-order valence-electron chi connectivity index (χ2n) is 5.13. The van der Waals surface area contributed by atoms with Crippen molar-refractivity contribution in [1.29, 1.82) is 0 Å². The molecule has 21 heavy (non-hydrogen) atoms. The number of likely N-dealkylation sites (N-methyl/N-ethyl adjacent to an activating group) is 1. The van der Waals surface area contributed by atoms with Gasteiger partial charge in [0.2, 0.25) is 0 Å². The van der Waals surface area contributed by atoms with E-state index in [1.807, 2.05) is 6.07 Å². The van der Waals surface area contributed by atoms with Crippen LogP contribution >= 0.6 is 11.3 Å². The van der Waals surface area contributed by atoms with Gasteiger partial charge in [0.1, 0.15) is 5.82 Å². The van der Waals surface area contributed by atoms with Crippen molar-refractivity contribution in [2.45, 2.75) is 19.4 Å². The minimum Gasteiger partial charge on any atom is -0.310 e. The van der Waals surface area contributed by atoms with Crippen LogP contribution < -0.4 is 5.32 Å². The standard InChI is InChI=1S/C18H18FNS/c1-2-20-17(13-6-5-7-15(19)10-13)11-14-12-21-18-9-4-3-8-16(14)18/h3-10,12,17,20H,2,11H2,1H3. The fourth-order valence-electron chi connectivity index (χ4n) is 2.69. The van der Waals surface area contributed by atoms with E-state index in [1.165, 1.54) is 21.7 Å². The zero-order valence-electron chi connectivity index (χ0n) is 12.0. The Morgan fingerprint density at radius 2 is 2.00 bits per heavy atom. The molecule has 0 spiro atoms. The van der Waals surface area contributed by atoms with E-state index in [0.717, 1.165) is 18.5 Å². The van der Waals surface area contributed by atoms with E-state index in [1.54, 1.807) is 23.5 Å². The molecule has 1 nitrogen and oxygen atoms in total. The van der Waals surface area contributed by atoms with Gasteiger partial charge < -0.3 is 5.32 Å². The summed E-state index contributed by atoms with van der Waals surface area (Å²) in [5, 5.41) is 6.99.